The molecule has 0 aromatic carbocycles. The van der Waals surface area contributed by atoms with E-state index in [-0.39, 0.29) is 5.70 Å². The summed E-state index contributed by atoms with van der Waals surface area (Å²) in [7, 11) is 0. The third kappa shape index (κ3) is 0.934. The first kappa shape index (κ1) is 6.77. The molecule has 3 unspecified atom stereocenters. The van der Waals surface area contributed by atoms with Crippen molar-refractivity contribution >= 4 is 0 Å². The van der Waals surface area contributed by atoms with Crippen LogP contribution < -0.4 is 10.5 Å². The Morgan fingerprint density at radius 3 is 3.00 bits per heavy atom. The van der Waals surface area contributed by atoms with Gasteiger partial charge in [-0.25, -0.2) is 0 Å². The number of nitrogens with one attached hydrogen (secondary N) is 2. The minimum absolute atomic E-state index is 0.275. The number of hydrogen-bond donors (Lipinski definition) is 2. The number of ether oxygens (including phenoxy) is 1. The second-order valence-corrected chi connectivity index (χ2v) is 2.22. The molecule has 0 saturated carbocycles. The van der Waals surface area contributed by atoms with Gasteiger partial charge >= 0.3 is 0 Å². The van der Waals surface area contributed by atoms with Crippen molar-refractivity contribution in [3.05, 3.63) is 34.7 Å². The van der Waals surface area contributed by atoms with Gasteiger partial charge in [0.15, 0.2) is 6.26 Å². The fraction of sp³-hybridized carbons (Fsp3) is 0.200. The highest BCUT2D eigenvalue weighted by molar-refractivity contribution is 5.08. The van der Waals surface area contributed by atoms with E-state index in [1.165, 1.54) is 18.6 Å². The van der Waals surface area contributed by atoms with Gasteiger partial charge in [-0.2, -0.15) is 5.23 Å². The van der Waals surface area contributed by atoms with E-state index in [1.807, 2.05) is 0 Å². The Bertz CT molecular complexity index is 227. The van der Waals surface area contributed by atoms with Gasteiger partial charge in [-0.15, -0.1) is 5.23 Å². The predicted molar refractivity (Wildman–Crippen MR) is 31.8 cm³/mol. The van der Waals surface area contributed by atoms with Crippen LogP contribution in [0.1, 0.15) is 0 Å². The van der Waals surface area contributed by atoms with Crippen LogP contribution in [0, 0.1) is 10.4 Å². The molecule has 2 N–H and O–H groups in total. The molecule has 0 spiro atoms. The molecule has 2 heterocycles. The number of rotatable bonds is 0. The lowest BCUT2D eigenvalue weighted by atomic mass is 10.2. The highest BCUT2D eigenvalue weighted by atomic mass is 17.1. The van der Waals surface area contributed by atoms with Crippen molar-refractivity contribution in [3.63, 3.8) is 0 Å². The first-order valence-corrected chi connectivity index (χ1v) is 3.07. The maximum absolute atomic E-state index is 10.8. The second kappa shape index (κ2) is 2.29. The minimum Gasteiger partial charge on any atom is -0.595 e. The lowest BCUT2D eigenvalue weighted by molar-refractivity contribution is -1.26. The molecular formula is C5H6N2O4. The minimum atomic E-state index is -0.607. The average Bonchev–Trinajstić information content (AvgIpc) is 2.30. The van der Waals surface area contributed by atoms with Crippen LogP contribution in [0.5, 0.6) is 0 Å². The summed E-state index contributed by atoms with van der Waals surface area (Å²) >= 11 is 0. The van der Waals surface area contributed by atoms with E-state index >= 15 is 0 Å². The normalized spacial score (nSPS) is 41.3. The first-order chi connectivity index (χ1) is 5.29. The lowest BCUT2D eigenvalue weighted by Gasteiger charge is -2.12. The van der Waals surface area contributed by atoms with E-state index in [4.69, 9.17) is 4.74 Å². The molecule has 1 saturated heterocycles. The van der Waals surface area contributed by atoms with Gasteiger partial charge in [-0.05, 0) is 4.94 Å². The van der Waals surface area contributed by atoms with Gasteiger partial charge in [-0.1, -0.05) is 0 Å². The van der Waals surface area contributed by atoms with E-state index in [1.54, 1.807) is 0 Å². The van der Waals surface area contributed by atoms with Gasteiger partial charge < -0.3 is 15.2 Å². The highest BCUT2D eigenvalue weighted by Crippen LogP contribution is 2.03. The Labute approximate surface area is 62.0 Å². The van der Waals surface area contributed by atoms with Crippen LogP contribution >= 0.6 is 0 Å². The van der Waals surface area contributed by atoms with E-state index in [9.17, 15) is 10.4 Å². The summed E-state index contributed by atoms with van der Waals surface area (Å²) in [5, 5.41) is 20.5. The van der Waals surface area contributed by atoms with Crippen molar-refractivity contribution in [2.75, 3.05) is 0 Å². The van der Waals surface area contributed by atoms with Crippen LogP contribution in [0.4, 0.5) is 0 Å². The molecule has 0 bridgehead atoms. The van der Waals surface area contributed by atoms with Crippen LogP contribution in [0.2, 0.25) is 0 Å². The topological polar surface area (TPSA) is 73.5 Å². The Kier molecular flexibility index (Phi) is 1.41. The third-order valence-electron chi connectivity index (χ3n) is 1.56. The summed E-state index contributed by atoms with van der Waals surface area (Å²) in [4.78, 5) is 4.33. The molecule has 60 valence electrons. The molecule has 2 aliphatic rings. The molecule has 0 aromatic heterocycles. The molecule has 0 radical (unpaired) electrons. The van der Waals surface area contributed by atoms with Crippen LogP contribution in [-0.2, 0) is 9.68 Å². The molecule has 0 aliphatic carbocycles. The van der Waals surface area contributed by atoms with Crippen molar-refractivity contribution in [2.45, 2.75) is 6.04 Å². The van der Waals surface area contributed by atoms with Gasteiger partial charge in [0.25, 0.3) is 0 Å². The SMILES string of the molecule is [O-][NH+]1O[NH+]([O-])C2C=COC=C21. The van der Waals surface area contributed by atoms with Crippen LogP contribution in [0.3, 0.4) is 0 Å². The molecular weight excluding hydrogens is 152 g/mol. The third-order valence-corrected chi connectivity index (χ3v) is 1.56. The zero-order chi connectivity index (χ0) is 7.84. The molecule has 11 heavy (non-hydrogen) atoms. The van der Waals surface area contributed by atoms with Crippen molar-refractivity contribution in [2.24, 2.45) is 0 Å². The van der Waals surface area contributed by atoms with E-state index < -0.39 is 16.5 Å². The van der Waals surface area contributed by atoms with E-state index in [0.29, 0.717) is 0 Å². The number of hydroxylamine groups is 4. The number of fused-ring (bicyclic) bond motifs is 1. The standard InChI is InChI=1S/C5H6N2O4/c8-6-4-1-2-10-3-5(4)7(9)11-6/h1-4,6-7H. The number of hydrogen-bond acceptors (Lipinski definition) is 4. The van der Waals surface area contributed by atoms with Crippen LogP contribution in [-0.4, -0.2) is 6.04 Å². The quantitative estimate of drug-likeness (QED) is 0.378. The van der Waals surface area contributed by atoms with Gasteiger partial charge in [-0.3, -0.25) is 0 Å². The Balaban J connectivity index is 2.27. The van der Waals surface area contributed by atoms with Crippen LogP contribution in [0.15, 0.2) is 24.3 Å². The maximum atomic E-state index is 10.8. The Morgan fingerprint density at radius 2 is 2.27 bits per heavy atom. The summed E-state index contributed by atoms with van der Waals surface area (Å²) in [6.45, 7) is 0. The zero-order valence-electron chi connectivity index (χ0n) is 5.44. The monoisotopic (exact) mass is 158 g/mol. The largest absolute Gasteiger partial charge is 0.595 e. The summed E-state index contributed by atoms with van der Waals surface area (Å²) in [5.74, 6) is 0. The highest BCUT2D eigenvalue weighted by Gasteiger charge is 2.39. The smallest absolute Gasteiger partial charge is 0.246 e. The van der Waals surface area contributed by atoms with Gasteiger partial charge in [0.1, 0.15) is 0 Å². The summed E-state index contributed by atoms with van der Waals surface area (Å²) < 4.78 is 4.71. The van der Waals surface area contributed by atoms with E-state index in [0.717, 1.165) is 0 Å². The predicted octanol–water partition coefficient (Wildman–Crippen LogP) is -2.63. The summed E-state index contributed by atoms with van der Waals surface area (Å²) in [6, 6.07) is -0.545. The number of quaternary nitrogens is 2. The van der Waals surface area contributed by atoms with Gasteiger partial charge in [0, 0.05) is 6.08 Å². The molecule has 6 nitrogen and oxygen atoms in total. The van der Waals surface area contributed by atoms with Crippen molar-refractivity contribution in [3.8, 4) is 0 Å². The Hall–Kier alpha value is -0.920. The van der Waals surface area contributed by atoms with Crippen LogP contribution in [0.25, 0.3) is 0 Å². The molecule has 2 aliphatic heterocycles. The maximum Gasteiger partial charge on any atom is 0.246 e. The van der Waals surface area contributed by atoms with Gasteiger partial charge in [0.2, 0.25) is 11.7 Å². The van der Waals surface area contributed by atoms with Gasteiger partial charge in [0.05, 0.1) is 6.26 Å². The van der Waals surface area contributed by atoms with E-state index in [2.05, 4.69) is 4.94 Å². The molecule has 1 fully saturated rings. The first-order valence-electron chi connectivity index (χ1n) is 3.07. The average molecular weight is 158 g/mol. The van der Waals surface area contributed by atoms with Crippen molar-refractivity contribution < 1.29 is 20.1 Å². The zero-order valence-corrected chi connectivity index (χ0v) is 5.44. The Morgan fingerprint density at radius 1 is 1.45 bits per heavy atom. The second-order valence-electron chi connectivity index (χ2n) is 2.22. The molecule has 0 aromatic rings. The molecule has 6 heteroatoms. The fourth-order valence-electron chi connectivity index (χ4n) is 1.01. The molecule has 0 amide bonds. The summed E-state index contributed by atoms with van der Waals surface area (Å²) in [5.41, 5.74) is 0.275. The lowest BCUT2D eigenvalue weighted by Crippen LogP contribution is -3.17. The van der Waals surface area contributed by atoms with Crippen molar-refractivity contribution in [1.82, 2.24) is 0 Å². The molecule has 2 rings (SSSR count). The molecule has 3 atom stereocenters. The fourth-order valence-corrected chi connectivity index (χ4v) is 1.01. The van der Waals surface area contributed by atoms with Crippen molar-refractivity contribution in [1.29, 1.82) is 0 Å². The summed E-state index contributed by atoms with van der Waals surface area (Å²) in [6.07, 6.45) is 4.08.